The zero-order valence-corrected chi connectivity index (χ0v) is 22.5. The largest absolute Gasteiger partial charge is 0.492 e. The molecule has 1 unspecified atom stereocenters. The third-order valence-electron chi connectivity index (χ3n) is 6.58. The van der Waals surface area contributed by atoms with Crippen LogP contribution >= 0.6 is 0 Å². The van der Waals surface area contributed by atoms with Crippen molar-refractivity contribution in [3.05, 3.63) is 29.8 Å². The molecule has 2 amide bonds. The van der Waals surface area contributed by atoms with Crippen molar-refractivity contribution in [1.29, 1.82) is 0 Å². The molecule has 43 heavy (non-hydrogen) atoms. The predicted molar refractivity (Wildman–Crippen MR) is 127 cm³/mol. The lowest BCUT2D eigenvalue weighted by Crippen LogP contribution is -2.68. The second kappa shape index (κ2) is 13.7. The quantitative estimate of drug-likeness (QED) is 0.223. The number of nitrogens with one attached hydrogen (secondary N) is 1. The first-order chi connectivity index (χ1) is 19.7. The molecule has 0 heterocycles. The first-order valence-electron chi connectivity index (χ1n) is 12.9. The fourth-order valence-electron chi connectivity index (χ4n) is 4.16. The van der Waals surface area contributed by atoms with Gasteiger partial charge in [0.2, 0.25) is 0 Å². The third-order valence-corrected chi connectivity index (χ3v) is 6.58. The molecule has 0 aromatic heterocycles. The highest BCUT2D eigenvalue weighted by molar-refractivity contribution is 5.74. The van der Waals surface area contributed by atoms with Crippen molar-refractivity contribution < 1.29 is 72.5 Å². The van der Waals surface area contributed by atoms with E-state index in [0.29, 0.717) is 31.2 Å². The molecule has 0 saturated heterocycles. The molecule has 0 aliphatic heterocycles. The highest BCUT2D eigenvalue weighted by Gasteiger charge is 2.87. The summed E-state index contributed by atoms with van der Waals surface area (Å²) in [6.45, 7) is -2.68. The van der Waals surface area contributed by atoms with Gasteiger partial charge >= 0.3 is 41.9 Å². The van der Waals surface area contributed by atoms with Crippen molar-refractivity contribution in [1.82, 2.24) is 10.2 Å². The average molecular weight is 646 g/mol. The van der Waals surface area contributed by atoms with Crippen LogP contribution in [-0.4, -0.2) is 90.3 Å². The summed E-state index contributed by atoms with van der Waals surface area (Å²) in [5.41, 5.74) is 0.476. The Morgan fingerprint density at radius 2 is 1.49 bits per heavy atom. The van der Waals surface area contributed by atoms with Gasteiger partial charge in [0, 0.05) is 19.1 Å². The minimum absolute atomic E-state index is 0.0108. The van der Waals surface area contributed by atoms with Gasteiger partial charge in [0.1, 0.15) is 12.4 Å². The van der Waals surface area contributed by atoms with E-state index in [0.717, 1.165) is 0 Å². The molecule has 1 aliphatic rings. The number of amides is 2. The molecule has 1 aromatic rings. The Balaban J connectivity index is 2.20. The fourth-order valence-corrected chi connectivity index (χ4v) is 4.16. The lowest BCUT2D eigenvalue weighted by Gasteiger charge is -2.39. The number of carbonyl (C=O) groups is 2. The summed E-state index contributed by atoms with van der Waals surface area (Å²) in [7, 11) is 0. The second-order valence-electron chi connectivity index (χ2n) is 9.76. The van der Waals surface area contributed by atoms with Crippen LogP contribution in [0, 0.1) is 0 Å². The lowest BCUT2D eigenvalue weighted by atomic mass is 9.97. The first-order valence-corrected chi connectivity index (χ1v) is 12.9. The number of nitrogens with zero attached hydrogens (tertiary/aromatic N) is 1. The number of carboxylic acid groups (broad SMARTS) is 1. The Morgan fingerprint density at radius 1 is 0.930 bits per heavy atom. The summed E-state index contributed by atoms with van der Waals surface area (Å²) in [6.07, 6.45) is -6.57. The van der Waals surface area contributed by atoms with Crippen molar-refractivity contribution in [2.75, 3.05) is 26.3 Å². The molecule has 1 aliphatic carbocycles. The Hall–Kier alpha value is -3.05. The molecule has 2 rings (SSSR count). The van der Waals surface area contributed by atoms with E-state index in [1.54, 1.807) is 6.92 Å². The third kappa shape index (κ3) is 8.32. The number of hydrogen-bond acceptors (Lipinski definition) is 4. The molecule has 7 nitrogen and oxygen atoms in total. The molecule has 2 N–H and O–H groups in total. The van der Waals surface area contributed by atoms with Crippen LogP contribution < -0.4 is 10.1 Å². The Morgan fingerprint density at radius 3 is 1.98 bits per heavy atom. The van der Waals surface area contributed by atoms with Crippen LogP contribution in [0.15, 0.2) is 24.3 Å². The highest BCUT2D eigenvalue weighted by Crippen LogP contribution is 2.57. The predicted octanol–water partition coefficient (Wildman–Crippen LogP) is 6.16. The van der Waals surface area contributed by atoms with E-state index in [4.69, 9.17) is 14.6 Å². The molecule has 0 radical (unpaired) electrons. The maximum absolute atomic E-state index is 14.5. The molecule has 0 spiro atoms. The molecule has 1 atom stereocenters. The summed E-state index contributed by atoms with van der Waals surface area (Å²) in [6, 6.07) is 3.32. The van der Waals surface area contributed by atoms with Gasteiger partial charge < -0.3 is 24.8 Å². The number of rotatable bonds is 15. The van der Waals surface area contributed by atoms with Gasteiger partial charge in [0.25, 0.3) is 0 Å². The van der Waals surface area contributed by atoms with Crippen LogP contribution in [-0.2, 0) is 16.0 Å². The Kier molecular flexibility index (Phi) is 11.5. The van der Waals surface area contributed by atoms with Gasteiger partial charge in [-0.2, -0.15) is 48.3 Å². The molecule has 1 fully saturated rings. The second-order valence-corrected chi connectivity index (χ2v) is 9.76. The summed E-state index contributed by atoms with van der Waals surface area (Å²) in [5.74, 6) is -29.9. The molecule has 1 saturated carbocycles. The number of ether oxygens (including phenoxy) is 2. The zero-order chi connectivity index (χ0) is 32.9. The number of alkyl halides is 11. The SMILES string of the molecule is CCOC(Cc1ccc(OCCN(CC(F)(F)C(F)(F)C(F)(F)C(F)(F)C(F)(F)F)C(=O)NC2CCCC2)cc1)C(=O)O. The van der Waals surface area contributed by atoms with Crippen molar-refractivity contribution in [3.63, 3.8) is 0 Å². The number of carboxylic acids is 1. The summed E-state index contributed by atoms with van der Waals surface area (Å²) in [5, 5.41) is 11.4. The Labute approximate surface area is 238 Å². The van der Waals surface area contributed by atoms with Gasteiger partial charge in [0.05, 0.1) is 13.1 Å². The minimum atomic E-state index is -7.59. The summed E-state index contributed by atoms with van der Waals surface area (Å²) in [4.78, 5) is 23.7. The standard InChI is InChI=1S/C25H29F11N2O5/c1-2-42-18(19(39)40)13-15-7-9-17(10-8-15)43-12-11-38(20(41)37-16-5-3-4-6-16)14-21(26,27)22(28,29)23(30,31)24(32,33)25(34,35)36/h7-10,16,18H,2-6,11-14H2,1H3,(H,37,41)(H,39,40). The van der Waals surface area contributed by atoms with Crippen LogP contribution in [0.2, 0.25) is 0 Å². The van der Waals surface area contributed by atoms with E-state index in [-0.39, 0.29) is 23.7 Å². The number of halogens is 11. The van der Waals surface area contributed by atoms with Gasteiger partial charge in [0.15, 0.2) is 6.10 Å². The average Bonchev–Trinajstić information content (AvgIpc) is 3.40. The lowest BCUT2D eigenvalue weighted by molar-refractivity contribution is -0.422. The maximum Gasteiger partial charge on any atom is 0.460 e. The number of carbonyl (C=O) groups excluding carboxylic acids is 1. The monoisotopic (exact) mass is 646 g/mol. The number of aliphatic carboxylic acids is 1. The van der Waals surface area contributed by atoms with Gasteiger partial charge in [-0.25, -0.2) is 9.59 Å². The van der Waals surface area contributed by atoms with Crippen molar-refractivity contribution in [2.45, 2.75) is 81.0 Å². The van der Waals surface area contributed by atoms with Crippen molar-refractivity contribution in [3.8, 4) is 5.75 Å². The maximum atomic E-state index is 14.5. The van der Waals surface area contributed by atoms with E-state index < -0.39 is 73.7 Å². The molecule has 246 valence electrons. The van der Waals surface area contributed by atoms with Gasteiger partial charge in [-0.05, 0) is 37.5 Å². The first kappa shape index (κ1) is 36.1. The molecule has 18 heteroatoms. The normalized spacial score (nSPS) is 16.2. The van der Waals surface area contributed by atoms with Gasteiger partial charge in [-0.3, -0.25) is 0 Å². The van der Waals surface area contributed by atoms with Crippen LogP contribution in [0.4, 0.5) is 53.1 Å². The van der Waals surface area contributed by atoms with Gasteiger partial charge in [-0.15, -0.1) is 0 Å². The number of hydrogen-bond donors (Lipinski definition) is 2. The van der Waals surface area contributed by atoms with E-state index in [1.807, 2.05) is 0 Å². The van der Waals surface area contributed by atoms with Crippen LogP contribution in [0.5, 0.6) is 5.75 Å². The molecule has 1 aromatic carbocycles. The summed E-state index contributed by atoms with van der Waals surface area (Å²) >= 11 is 0. The van der Waals surface area contributed by atoms with Gasteiger partial charge in [-0.1, -0.05) is 25.0 Å². The molecule has 0 bridgehead atoms. The topological polar surface area (TPSA) is 88.1 Å². The Bertz CT molecular complexity index is 1080. The smallest absolute Gasteiger partial charge is 0.460 e. The van der Waals surface area contributed by atoms with E-state index in [9.17, 15) is 57.9 Å². The van der Waals surface area contributed by atoms with Crippen molar-refractivity contribution >= 4 is 12.0 Å². The van der Waals surface area contributed by atoms with E-state index in [2.05, 4.69) is 5.32 Å². The molecular weight excluding hydrogens is 617 g/mol. The number of benzene rings is 1. The van der Waals surface area contributed by atoms with E-state index in [1.165, 1.54) is 24.3 Å². The van der Waals surface area contributed by atoms with Crippen LogP contribution in [0.3, 0.4) is 0 Å². The van der Waals surface area contributed by atoms with E-state index >= 15 is 0 Å². The zero-order valence-electron chi connectivity index (χ0n) is 22.5. The van der Waals surface area contributed by atoms with Crippen LogP contribution in [0.25, 0.3) is 0 Å². The fraction of sp³-hybridized carbons (Fsp3) is 0.680. The highest BCUT2D eigenvalue weighted by atomic mass is 19.4. The molecular formula is C25H29F11N2O5. The number of urea groups is 1. The van der Waals surface area contributed by atoms with Crippen molar-refractivity contribution in [2.24, 2.45) is 0 Å². The summed E-state index contributed by atoms with van der Waals surface area (Å²) < 4.78 is 159. The minimum Gasteiger partial charge on any atom is -0.492 e. The van der Waals surface area contributed by atoms with Crippen LogP contribution in [0.1, 0.15) is 38.2 Å².